The summed E-state index contributed by atoms with van der Waals surface area (Å²) in [6, 6.07) is -0.397. The number of rotatable bonds is 15. The molecule has 0 spiro atoms. The van der Waals surface area contributed by atoms with Gasteiger partial charge in [-0.1, -0.05) is 13.3 Å². The summed E-state index contributed by atoms with van der Waals surface area (Å²) in [5.41, 5.74) is 11.1. The van der Waals surface area contributed by atoms with Crippen LogP contribution < -0.4 is 22.1 Å². The second-order valence-electron chi connectivity index (χ2n) is 6.06. The topological polar surface area (TPSA) is 110 Å². The maximum atomic E-state index is 12.4. The zero-order chi connectivity index (χ0) is 17.5. The summed E-state index contributed by atoms with van der Waals surface area (Å²) >= 11 is 0. The predicted octanol–water partition coefficient (Wildman–Crippen LogP) is 0.934. The lowest BCUT2D eigenvalue weighted by Gasteiger charge is -2.21. The molecule has 2 unspecified atom stereocenters. The van der Waals surface area contributed by atoms with E-state index >= 15 is 0 Å². The summed E-state index contributed by atoms with van der Waals surface area (Å²) in [5, 5.41) is 5.99. The lowest BCUT2D eigenvalue weighted by molar-refractivity contribution is -0.130. The lowest BCUT2D eigenvalue weighted by atomic mass is 9.96. The molecule has 6 heteroatoms. The molecule has 23 heavy (non-hydrogen) atoms. The zero-order valence-electron chi connectivity index (χ0n) is 14.9. The quantitative estimate of drug-likeness (QED) is 0.334. The molecule has 0 aromatic carbocycles. The normalized spacial score (nSPS) is 13.6. The number of nitrogens with two attached hydrogens (primary N) is 2. The highest BCUT2D eigenvalue weighted by Gasteiger charge is 2.23. The van der Waals surface area contributed by atoms with Crippen LogP contribution in [0.15, 0.2) is 0 Å². The largest absolute Gasteiger partial charge is 0.346 e. The van der Waals surface area contributed by atoms with Crippen molar-refractivity contribution in [2.75, 3.05) is 26.7 Å². The van der Waals surface area contributed by atoms with Gasteiger partial charge < -0.3 is 22.1 Å². The van der Waals surface area contributed by atoms with Crippen LogP contribution in [0.1, 0.15) is 58.3 Å². The molecule has 0 saturated heterocycles. The van der Waals surface area contributed by atoms with E-state index in [9.17, 15) is 9.59 Å². The highest BCUT2D eigenvalue weighted by atomic mass is 16.2. The molecule has 2 atom stereocenters. The van der Waals surface area contributed by atoms with Crippen molar-refractivity contribution in [3.05, 3.63) is 0 Å². The average Bonchev–Trinajstić information content (AvgIpc) is 2.55. The molecule has 0 saturated carbocycles. The summed E-state index contributed by atoms with van der Waals surface area (Å²) < 4.78 is 0. The van der Waals surface area contributed by atoms with Crippen LogP contribution in [0.2, 0.25) is 0 Å². The standard InChI is InChI=1S/C17H36N4O2/c1-3-14(8-4-5-11-18)17(23)21-15(9-6-12-19)16(22)10-7-13-20-2/h14-15,20H,3-13,18-19H2,1-2H3,(H,21,23). The van der Waals surface area contributed by atoms with Crippen LogP contribution in [-0.4, -0.2) is 44.4 Å². The fourth-order valence-corrected chi connectivity index (χ4v) is 2.59. The molecule has 0 radical (unpaired) electrons. The van der Waals surface area contributed by atoms with Crippen molar-refractivity contribution in [3.63, 3.8) is 0 Å². The molecular formula is C17H36N4O2. The van der Waals surface area contributed by atoms with E-state index in [1.807, 2.05) is 14.0 Å². The molecule has 0 aliphatic rings. The van der Waals surface area contributed by atoms with Gasteiger partial charge in [0.2, 0.25) is 5.91 Å². The van der Waals surface area contributed by atoms with Gasteiger partial charge in [0, 0.05) is 12.3 Å². The van der Waals surface area contributed by atoms with E-state index in [-0.39, 0.29) is 17.6 Å². The van der Waals surface area contributed by atoms with Gasteiger partial charge in [-0.15, -0.1) is 0 Å². The second kappa shape index (κ2) is 14.6. The Kier molecular flexibility index (Phi) is 14.0. The SMILES string of the molecule is CCC(CCCCN)C(=O)NC(CCCN)C(=O)CCCNC. The number of nitrogens with one attached hydrogen (secondary N) is 2. The van der Waals surface area contributed by atoms with E-state index in [0.29, 0.717) is 25.9 Å². The van der Waals surface area contributed by atoms with Gasteiger partial charge in [-0.05, 0) is 65.2 Å². The van der Waals surface area contributed by atoms with Crippen LogP contribution in [0.4, 0.5) is 0 Å². The molecule has 0 aromatic heterocycles. The minimum atomic E-state index is -0.397. The van der Waals surface area contributed by atoms with E-state index < -0.39 is 6.04 Å². The van der Waals surface area contributed by atoms with Crippen LogP contribution in [-0.2, 0) is 9.59 Å². The fourth-order valence-electron chi connectivity index (χ4n) is 2.59. The zero-order valence-corrected chi connectivity index (χ0v) is 14.9. The number of hydrogen-bond acceptors (Lipinski definition) is 5. The molecule has 0 rings (SSSR count). The minimum Gasteiger partial charge on any atom is -0.346 e. The molecule has 0 bridgehead atoms. The summed E-state index contributed by atoms with van der Waals surface area (Å²) in [6.45, 7) is 4.00. The van der Waals surface area contributed by atoms with Crippen molar-refractivity contribution in [2.45, 2.75) is 64.3 Å². The Morgan fingerprint density at radius 2 is 1.70 bits per heavy atom. The molecular weight excluding hydrogens is 292 g/mol. The maximum absolute atomic E-state index is 12.4. The van der Waals surface area contributed by atoms with E-state index in [1.165, 1.54) is 0 Å². The molecule has 6 nitrogen and oxygen atoms in total. The first-order chi connectivity index (χ1) is 11.1. The predicted molar refractivity (Wildman–Crippen MR) is 95.1 cm³/mol. The molecule has 0 fully saturated rings. The van der Waals surface area contributed by atoms with Gasteiger partial charge in [-0.25, -0.2) is 0 Å². The van der Waals surface area contributed by atoms with Crippen LogP contribution in [0.3, 0.4) is 0 Å². The van der Waals surface area contributed by atoms with Gasteiger partial charge in [-0.2, -0.15) is 0 Å². The Morgan fingerprint density at radius 1 is 1.00 bits per heavy atom. The Bertz CT molecular complexity index is 324. The number of carbonyl (C=O) groups is 2. The molecule has 0 aliphatic carbocycles. The first-order valence-electron chi connectivity index (χ1n) is 8.98. The van der Waals surface area contributed by atoms with Crippen LogP contribution >= 0.6 is 0 Å². The fraction of sp³-hybridized carbons (Fsp3) is 0.882. The Labute approximate surface area is 141 Å². The summed E-state index contributed by atoms with van der Waals surface area (Å²) in [6.07, 6.45) is 6.14. The van der Waals surface area contributed by atoms with E-state index in [2.05, 4.69) is 10.6 Å². The minimum absolute atomic E-state index is 0.00601. The van der Waals surface area contributed by atoms with Gasteiger partial charge in [0.25, 0.3) is 0 Å². The Hall–Kier alpha value is -0.980. The average molecular weight is 329 g/mol. The van der Waals surface area contributed by atoms with Gasteiger partial charge in [0.05, 0.1) is 6.04 Å². The summed E-state index contributed by atoms with van der Waals surface area (Å²) in [4.78, 5) is 24.8. The number of Topliss-reactive ketones (excluding diaryl/α,β-unsaturated/α-hetero) is 1. The molecule has 6 N–H and O–H groups in total. The van der Waals surface area contributed by atoms with Gasteiger partial charge in [0.1, 0.15) is 0 Å². The number of unbranched alkanes of at least 4 members (excludes halogenated alkanes) is 1. The van der Waals surface area contributed by atoms with Crippen molar-refractivity contribution in [3.8, 4) is 0 Å². The number of ketones is 1. The summed E-state index contributed by atoms with van der Waals surface area (Å²) in [5.74, 6) is 0.0689. The van der Waals surface area contributed by atoms with Gasteiger partial charge in [-0.3, -0.25) is 9.59 Å². The van der Waals surface area contributed by atoms with Crippen LogP contribution in [0.5, 0.6) is 0 Å². The first-order valence-corrected chi connectivity index (χ1v) is 8.98. The number of carbonyl (C=O) groups excluding carboxylic acids is 2. The number of hydrogen-bond donors (Lipinski definition) is 4. The monoisotopic (exact) mass is 328 g/mol. The third kappa shape index (κ3) is 10.4. The van der Waals surface area contributed by atoms with Gasteiger partial charge in [0.15, 0.2) is 5.78 Å². The molecule has 0 heterocycles. The van der Waals surface area contributed by atoms with Crippen LogP contribution in [0.25, 0.3) is 0 Å². The van der Waals surface area contributed by atoms with Gasteiger partial charge >= 0.3 is 0 Å². The van der Waals surface area contributed by atoms with Crippen molar-refractivity contribution in [1.82, 2.24) is 10.6 Å². The summed E-state index contributed by atoms with van der Waals surface area (Å²) in [7, 11) is 1.87. The van der Waals surface area contributed by atoms with E-state index in [4.69, 9.17) is 11.5 Å². The smallest absolute Gasteiger partial charge is 0.223 e. The molecule has 0 aliphatic heterocycles. The second-order valence-corrected chi connectivity index (χ2v) is 6.06. The maximum Gasteiger partial charge on any atom is 0.223 e. The Balaban J connectivity index is 4.52. The van der Waals surface area contributed by atoms with Crippen molar-refractivity contribution in [2.24, 2.45) is 17.4 Å². The van der Waals surface area contributed by atoms with Crippen molar-refractivity contribution < 1.29 is 9.59 Å². The lowest BCUT2D eigenvalue weighted by Crippen LogP contribution is -2.44. The third-order valence-corrected chi connectivity index (χ3v) is 4.12. The first kappa shape index (κ1) is 22.0. The molecule has 1 amide bonds. The van der Waals surface area contributed by atoms with Crippen molar-refractivity contribution in [1.29, 1.82) is 0 Å². The highest BCUT2D eigenvalue weighted by Crippen LogP contribution is 2.14. The Morgan fingerprint density at radius 3 is 2.26 bits per heavy atom. The van der Waals surface area contributed by atoms with Crippen LogP contribution in [0, 0.1) is 5.92 Å². The van der Waals surface area contributed by atoms with Crippen molar-refractivity contribution >= 4 is 11.7 Å². The van der Waals surface area contributed by atoms with E-state index in [1.54, 1.807) is 0 Å². The molecule has 0 aromatic rings. The number of amides is 1. The molecule has 136 valence electrons. The third-order valence-electron chi connectivity index (χ3n) is 4.12. The highest BCUT2D eigenvalue weighted by molar-refractivity contribution is 5.89. The van der Waals surface area contributed by atoms with E-state index in [0.717, 1.165) is 45.1 Å².